The Labute approximate surface area is 116 Å². The van der Waals surface area contributed by atoms with Gasteiger partial charge in [-0.25, -0.2) is 4.79 Å². The maximum absolute atomic E-state index is 11.0. The highest BCUT2D eigenvalue weighted by Gasteiger charge is 2.07. The van der Waals surface area contributed by atoms with Gasteiger partial charge in [0.2, 0.25) is 0 Å². The average Bonchev–Trinajstić information content (AvgIpc) is 2.48. The van der Waals surface area contributed by atoms with Gasteiger partial charge in [-0.1, -0.05) is 12.1 Å². The fraction of sp³-hybridized carbons (Fsp3) is 0.0667. The summed E-state index contributed by atoms with van der Waals surface area (Å²) in [6.07, 6.45) is 1.61. The summed E-state index contributed by atoms with van der Waals surface area (Å²) in [5, 5.41) is 13.1. The molecule has 0 saturated carbocycles. The summed E-state index contributed by atoms with van der Waals surface area (Å²) >= 11 is 0. The second-order valence-electron chi connectivity index (χ2n) is 3.99. The van der Waals surface area contributed by atoms with E-state index in [2.05, 4.69) is 10.5 Å². The maximum atomic E-state index is 11.0. The molecule has 0 aliphatic carbocycles. The lowest BCUT2D eigenvalue weighted by molar-refractivity contribution is 0.0698. The van der Waals surface area contributed by atoms with Gasteiger partial charge in [0.25, 0.3) is 0 Å². The third-order valence-electron chi connectivity index (χ3n) is 2.67. The molecule has 0 atom stereocenters. The predicted octanol–water partition coefficient (Wildman–Crippen LogP) is 2.84. The minimum atomic E-state index is -0.993. The molecule has 0 fully saturated rings. The predicted molar refractivity (Wildman–Crippen MR) is 77.6 cm³/mol. The standard InChI is InChI=1S/C15H14N2O3/c1-20-12-8-6-11(7-9-12)10-16-17-14-5-3-2-4-13(14)15(18)19/h2-10,17H,1H3,(H,18,19)/b16-10+. The highest BCUT2D eigenvalue weighted by atomic mass is 16.5. The Morgan fingerprint density at radius 3 is 2.55 bits per heavy atom. The summed E-state index contributed by atoms with van der Waals surface area (Å²) in [5.41, 5.74) is 4.24. The summed E-state index contributed by atoms with van der Waals surface area (Å²) in [6, 6.07) is 14.0. The number of carboxylic acids is 1. The first kappa shape index (κ1) is 13.6. The lowest BCUT2D eigenvalue weighted by Crippen LogP contribution is -2.02. The van der Waals surface area contributed by atoms with Crippen molar-refractivity contribution in [2.45, 2.75) is 0 Å². The van der Waals surface area contributed by atoms with Crippen molar-refractivity contribution in [3.8, 4) is 5.75 Å². The van der Waals surface area contributed by atoms with E-state index in [1.807, 2.05) is 24.3 Å². The van der Waals surface area contributed by atoms with Crippen LogP contribution in [0.2, 0.25) is 0 Å². The van der Waals surface area contributed by atoms with Crippen molar-refractivity contribution >= 4 is 17.9 Å². The molecule has 0 aromatic heterocycles. The lowest BCUT2D eigenvalue weighted by Gasteiger charge is -2.04. The van der Waals surface area contributed by atoms with Gasteiger partial charge < -0.3 is 9.84 Å². The van der Waals surface area contributed by atoms with Crippen LogP contribution in [0.5, 0.6) is 5.75 Å². The molecule has 0 amide bonds. The highest BCUT2D eigenvalue weighted by Crippen LogP contribution is 2.15. The van der Waals surface area contributed by atoms with Crippen molar-refractivity contribution in [1.82, 2.24) is 0 Å². The molecule has 2 N–H and O–H groups in total. The summed E-state index contributed by atoms with van der Waals surface area (Å²) in [5.74, 6) is -0.223. The van der Waals surface area contributed by atoms with Gasteiger partial charge in [-0.3, -0.25) is 5.43 Å². The topological polar surface area (TPSA) is 70.9 Å². The van der Waals surface area contributed by atoms with Gasteiger partial charge in [0.15, 0.2) is 0 Å². The van der Waals surface area contributed by atoms with E-state index < -0.39 is 5.97 Å². The van der Waals surface area contributed by atoms with Gasteiger partial charge in [0.1, 0.15) is 5.75 Å². The van der Waals surface area contributed by atoms with Gasteiger partial charge in [-0.15, -0.1) is 0 Å². The van der Waals surface area contributed by atoms with E-state index in [-0.39, 0.29) is 5.56 Å². The Morgan fingerprint density at radius 1 is 1.20 bits per heavy atom. The third-order valence-corrected chi connectivity index (χ3v) is 2.67. The van der Waals surface area contributed by atoms with Crippen molar-refractivity contribution in [3.05, 3.63) is 59.7 Å². The Kier molecular flexibility index (Phi) is 4.34. The van der Waals surface area contributed by atoms with Crippen LogP contribution in [0, 0.1) is 0 Å². The van der Waals surface area contributed by atoms with Crippen LogP contribution in [-0.2, 0) is 0 Å². The van der Waals surface area contributed by atoms with E-state index in [1.54, 1.807) is 31.5 Å². The van der Waals surface area contributed by atoms with E-state index in [9.17, 15) is 4.79 Å². The average molecular weight is 270 g/mol. The molecule has 20 heavy (non-hydrogen) atoms. The van der Waals surface area contributed by atoms with E-state index in [0.717, 1.165) is 11.3 Å². The summed E-state index contributed by atoms with van der Waals surface area (Å²) < 4.78 is 5.06. The van der Waals surface area contributed by atoms with Crippen LogP contribution in [0.15, 0.2) is 53.6 Å². The number of carbonyl (C=O) groups is 1. The number of para-hydroxylation sites is 1. The Balaban J connectivity index is 2.08. The summed E-state index contributed by atoms with van der Waals surface area (Å²) in [6.45, 7) is 0. The molecule has 2 rings (SSSR count). The second-order valence-corrected chi connectivity index (χ2v) is 3.99. The largest absolute Gasteiger partial charge is 0.497 e. The molecule has 5 nitrogen and oxygen atoms in total. The van der Waals surface area contributed by atoms with Gasteiger partial charge in [-0.05, 0) is 42.0 Å². The van der Waals surface area contributed by atoms with Crippen molar-refractivity contribution in [3.63, 3.8) is 0 Å². The molecule has 0 spiro atoms. The van der Waals surface area contributed by atoms with Gasteiger partial charge in [0, 0.05) is 0 Å². The number of hydrogen-bond donors (Lipinski definition) is 2. The van der Waals surface area contributed by atoms with Crippen molar-refractivity contribution < 1.29 is 14.6 Å². The smallest absolute Gasteiger partial charge is 0.337 e. The van der Waals surface area contributed by atoms with Crippen LogP contribution < -0.4 is 10.2 Å². The van der Waals surface area contributed by atoms with Crippen LogP contribution in [0.1, 0.15) is 15.9 Å². The molecular weight excluding hydrogens is 256 g/mol. The zero-order valence-corrected chi connectivity index (χ0v) is 10.9. The lowest BCUT2D eigenvalue weighted by atomic mass is 10.2. The number of aromatic carboxylic acids is 1. The number of methoxy groups -OCH3 is 1. The number of rotatable bonds is 5. The fourth-order valence-electron chi connectivity index (χ4n) is 1.63. The molecule has 0 unspecified atom stereocenters. The molecule has 0 saturated heterocycles. The summed E-state index contributed by atoms with van der Waals surface area (Å²) in [7, 11) is 1.60. The van der Waals surface area contributed by atoms with Crippen LogP contribution in [0.25, 0.3) is 0 Å². The molecule has 0 aliphatic heterocycles. The van der Waals surface area contributed by atoms with Crippen LogP contribution in [-0.4, -0.2) is 24.4 Å². The van der Waals surface area contributed by atoms with Crippen LogP contribution in [0.3, 0.4) is 0 Å². The summed E-state index contributed by atoms with van der Waals surface area (Å²) in [4.78, 5) is 11.0. The quantitative estimate of drug-likeness (QED) is 0.647. The first-order valence-electron chi connectivity index (χ1n) is 5.96. The highest BCUT2D eigenvalue weighted by molar-refractivity contribution is 5.94. The molecule has 0 bridgehead atoms. The minimum Gasteiger partial charge on any atom is -0.497 e. The number of hydrogen-bond acceptors (Lipinski definition) is 4. The zero-order valence-electron chi connectivity index (χ0n) is 10.9. The van der Waals surface area contributed by atoms with E-state index in [4.69, 9.17) is 9.84 Å². The number of ether oxygens (including phenoxy) is 1. The Hall–Kier alpha value is -2.82. The number of hydrazone groups is 1. The number of nitrogens with zero attached hydrogens (tertiary/aromatic N) is 1. The first-order valence-corrected chi connectivity index (χ1v) is 5.96. The van der Waals surface area contributed by atoms with Crippen molar-refractivity contribution in [2.24, 2.45) is 5.10 Å². The molecule has 0 aliphatic rings. The number of nitrogens with one attached hydrogen (secondary N) is 1. The van der Waals surface area contributed by atoms with Crippen molar-refractivity contribution in [1.29, 1.82) is 0 Å². The second kappa shape index (κ2) is 6.38. The van der Waals surface area contributed by atoms with E-state index >= 15 is 0 Å². The van der Waals surface area contributed by atoms with Crippen molar-refractivity contribution in [2.75, 3.05) is 12.5 Å². The fourth-order valence-corrected chi connectivity index (χ4v) is 1.63. The number of benzene rings is 2. The molecule has 5 heteroatoms. The molecule has 2 aromatic rings. The number of carboxylic acid groups (broad SMARTS) is 1. The third kappa shape index (κ3) is 3.35. The monoisotopic (exact) mass is 270 g/mol. The maximum Gasteiger partial charge on any atom is 0.337 e. The molecule has 2 aromatic carbocycles. The normalized spacial score (nSPS) is 10.4. The minimum absolute atomic E-state index is 0.180. The SMILES string of the molecule is COc1ccc(/C=N/Nc2ccccc2C(=O)O)cc1. The van der Waals surface area contributed by atoms with Crippen LogP contribution >= 0.6 is 0 Å². The molecular formula is C15H14N2O3. The van der Waals surface area contributed by atoms with E-state index in [1.165, 1.54) is 6.07 Å². The molecule has 0 heterocycles. The first-order chi connectivity index (χ1) is 9.70. The molecule has 102 valence electrons. The Bertz CT molecular complexity index is 621. The number of anilines is 1. The van der Waals surface area contributed by atoms with Gasteiger partial charge in [-0.2, -0.15) is 5.10 Å². The van der Waals surface area contributed by atoms with Gasteiger partial charge >= 0.3 is 5.97 Å². The van der Waals surface area contributed by atoms with Gasteiger partial charge in [0.05, 0.1) is 24.6 Å². The molecule has 0 radical (unpaired) electrons. The Morgan fingerprint density at radius 2 is 1.90 bits per heavy atom. The van der Waals surface area contributed by atoms with Crippen LogP contribution in [0.4, 0.5) is 5.69 Å². The van der Waals surface area contributed by atoms with E-state index in [0.29, 0.717) is 5.69 Å². The zero-order chi connectivity index (χ0) is 14.4.